The molecule has 0 aromatic carbocycles. The van der Waals surface area contributed by atoms with E-state index in [4.69, 9.17) is 25.6 Å². The lowest BCUT2D eigenvalue weighted by molar-refractivity contribution is -0.142. The van der Waals surface area contributed by atoms with E-state index in [1.54, 1.807) is 0 Å². The Bertz CT molecular complexity index is 470. The molecule has 1 unspecified atom stereocenters. The lowest BCUT2D eigenvalue weighted by atomic mass is 9.88. The van der Waals surface area contributed by atoms with Gasteiger partial charge in [0.15, 0.2) is 5.78 Å². The van der Waals surface area contributed by atoms with Crippen LogP contribution in [0.15, 0.2) is 0 Å². The minimum absolute atomic E-state index is 0.0221. The Kier molecular flexibility index (Phi) is 6.68. The second-order valence-electron chi connectivity index (χ2n) is 7.15. The Hall–Kier alpha value is 0.0600. The summed E-state index contributed by atoms with van der Waals surface area (Å²) >= 11 is 6.67. The highest BCUT2D eigenvalue weighted by Crippen LogP contribution is 2.66. The molecular weight excluding hydrogens is 343 g/mol. The molecule has 0 aliphatic carbocycles. The molecule has 0 bridgehead atoms. The van der Waals surface area contributed by atoms with E-state index in [9.17, 15) is 9.59 Å². The summed E-state index contributed by atoms with van der Waals surface area (Å²) in [6.07, 6.45) is -0.0221. The van der Waals surface area contributed by atoms with Crippen LogP contribution in [-0.2, 0) is 35.2 Å². The summed E-state index contributed by atoms with van der Waals surface area (Å²) in [5.74, 6) is -0.488. The summed E-state index contributed by atoms with van der Waals surface area (Å²) in [4.78, 5) is 24.2. The first-order valence-electron chi connectivity index (χ1n) is 7.07. The Morgan fingerprint density at radius 2 is 1.82 bits per heavy atom. The topological polar surface area (TPSA) is 61.8 Å². The van der Waals surface area contributed by atoms with Gasteiger partial charge >= 0.3 is 5.97 Å². The normalized spacial score (nSPS) is 21.9. The van der Waals surface area contributed by atoms with Gasteiger partial charge in [-0.1, -0.05) is 46.0 Å². The maximum atomic E-state index is 12.6. The van der Waals surface area contributed by atoms with Crippen LogP contribution in [0.3, 0.4) is 0 Å². The number of hydrogen-bond donors (Lipinski definition) is 0. The molecule has 1 rings (SSSR count). The van der Waals surface area contributed by atoms with Crippen LogP contribution in [0.2, 0.25) is 0 Å². The van der Waals surface area contributed by atoms with Crippen LogP contribution in [0.1, 0.15) is 41.0 Å². The van der Waals surface area contributed by atoms with Gasteiger partial charge in [-0.15, -0.1) is 0 Å². The number of hydrogen-bond acceptors (Lipinski definition) is 7. The zero-order valence-electron chi connectivity index (χ0n) is 14.0. The van der Waals surface area contributed by atoms with Gasteiger partial charge in [0.05, 0.1) is 32.0 Å². The van der Waals surface area contributed by atoms with Crippen molar-refractivity contribution in [3.05, 3.63) is 0 Å². The molecule has 1 saturated heterocycles. The molecule has 0 spiro atoms. The molecule has 1 heterocycles. The summed E-state index contributed by atoms with van der Waals surface area (Å²) in [6.45, 7) is 10.5. The second-order valence-corrected chi connectivity index (χ2v) is 13.5. The van der Waals surface area contributed by atoms with Gasteiger partial charge < -0.3 is 13.8 Å². The van der Waals surface area contributed by atoms with Crippen LogP contribution in [0.4, 0.5) is 0 Å². The average Bonchev–Trinajstić information content (AvgIpc) is 2.40. The van der Waals surface area contributed by atoms with Crippen LogP contribution in [0.5, 0.6) is 0 Å². The first-order valence-corrected chi connectivity index (χ1v) is 11.2. The highest BCUT2D eigenvalue weighted by molar-refractivity contribution is 8.68. The fourth-order valence-corrected chi connectivity index (χ4v) is 7.26. The van der Waals surface area contributed by atoms with Crippen molar-refractivity contribution in [1.82, 2.24) is 0 Å². The van der Waals surface area contributed by atoms with E-state index in [-0.39, 0.29) is 17.6 Å². The zero-order valence-corrected chi connectivity index (χ0v) is 16.5. The Morgan fingerprint density at radius 1 is 1.32 bits per heavy atom. The third kappa shape index (κ3) is 5.93. The molecule has 0 N–H and O–H groups in total. The Morgan fingerprint density at radius 3 is 2.23 bits per heavy atom. The fraction of sp³-hybridized carbons (Fsp3) is 0.857. The third-order valence-electron chi connectivity index (χ3n) is 3.09. The van der Waals surface area contributed by atoms with E-state index in [1.807, 2.05) is 34.6 Å². The molecule has 5 nitrogen and oxygen atoms in total. The molecule has 8 heteroatoms. The van der Waals surface area contributed by atoms with E-state index in [2.05, 4.69) is 0 Å². The van der Waals surface area contributed by atoms with Gasteiger partial charge in [-0.3, -0.25) is 9.59 Å². The summed E-state index contributed by atoms with van der Waals surface area (Å²) in [5.41, 5.74) is -3.28. The number of rotatable bonds is 5. The Labute approximate surface area is 141 Å². The quantitative estimate of drug-likeness (QED) is 0.543. The molecule has 1 atom stereocenters. The molecular formula is C14H25O5PS2. The van der Waals surface area contributed by atoms with Gasteiger partial charge in [-0.2, -0.15) is 0 Å². The summed E-state index contributed by atoms with van der Waals surface area (Å²) in [6, 6.07) is 0. The lowest BCUT2D eigenvalue weighted by Gasteiger charge is -2.37. The van der Waals surface area contributed by atoms with E-state index in [0.29, 0.717) is 13.2 Å². The molecule has 22 heavy (non-hydrogen) atoms. The highest BCUT2D eigenvalue weighted by Gasteiger charge is 2.40. The van der Waals surface area contributed by atoms with Gasteiger partial charge in [-0.05, 0) is 11.8 Å². The monoisotopic (exact) mass is 368 g/mol. The van der Waals surface area contributed by atoms with Gasteiger partial charge in [0.2, 0.25) is 5.69 Å². The zero-order chi connectivity index (χ0) is 17.2. The first-order chi connectivity index (χ1) is 9.88. The number of esters is 1. The van der Waals surface area contributed by atoms with Crippen molar-refractivity contribution in [1.29, 1.82) is 0 Å². The Balaban J connectivity index is 2.87. The standard InChI is InChI=1S/C14H25O5PS2/c1-13(2,3)12(16)10(7-11(15)17-6)22-20(21)18-8-14(4,5)9-19-20/h10H,7-9H2,1-6H3. The SMILES string of the molecule is COC(=O)CC(SP1(=S)OCC(C)(C)CO1)C(=O)C(C)(C)C. The van der Waals surface area contributed by atoms with Crippen molar-refractivity contribution in [2.24, 2.45) is 10.8 Å². The minimum atomic E-state index is -2.62. The van der Waals surface area contributed by atoms with Gasteiger partial charge in [0.25, 0.3) is 0 Å². The van der Waals surface area contributed by atoms with Crippen molar-refractivity contribution in [2.45, 2.75) is 46.3 Å². The molecule has 0 amide bonds. The van der Waals surface area contributed by atoms with Crippen LogP contribution >= 0.6 is 17.1 Å². The maximum absolute atomic E-state index is 12.6. The predicted octanol–water partition coefficient (Wildman–Crippen LogP) is 3.56. The van der Waals surface area contributed by atoms with E-state index >= 15 is 0 Å². The first kappa shape index (κ1) is 20.1. The summed E-state index contributed by atoms with van der Waals surface area (Å²) in [7, 11) is 1.31. The highest BCUT2D eigenvalue weighted by atomic mass is 32.9. The molecule has 1 fully saturated rings. The fourth-order valence-electron chi connectivity index (χ4n) is 1.70. The summed E-state index contributed by atoms with van der Waals surface area (Å²) < 4.78 is 16.2. The van der Waals surface area contributed by atoms with E-state index in [1.165, 1.54) is 18.5 Å². The minimum Gasteiger partial charge on any atom is -0.469 e. The number of Topliss-reactive ketones (excluding diaryl/α,β-unsaturated/α-hetero) is 1. The van der Waals surface area contributed by atoms with Crippen molar-refractivity contribution in [3.63, 3.8) is 0 Å². The molecule has 0 aromatic rings. The number of methoxy groups -OCH3 is 1. The smallest absolute Gasteiger partial charge is 0.307 e. The van der Waals surface area contributed by atoms with Gasteiger partial charge in [0.1, 0.15) is 0 Å². The number of ketones is 1. The molecule has 0 aromatic heterocycles. The maximum Gasteiger partial charge on any atom is 0.307 e. The third-order valence-corrected chi connectivity index (χ3v) is 8.46. The van der Waals surface area contributed by atoms with Gasteiger partial charge in [0, 0.05) is 10.8 Å². The van der Waals surface area contributed by atoms with Crippen molar-refractivity contribution < 1.29 is 23.4 Å². The van der Waals surface area contributed by atoms with Crippen LogP contribution in [0.25, 0.3) is 0 Å². The van der Waals surface area contributed by atoms with Crippen LogP contribution in [0, 0.1) is 10.8 Å². The van der Waals surface area contributed by atoms with Crippen LogP contribution in [-0.4, -0.2) is 37.3 Å². The van der Waals surface area contributed by atoms with Crippen molar-refractivity contribution in [2.75, 3.05) is 20.3 Å². The number of ether oxygens (including phenoxy) is 1. The van der Waals surface area contributed by atoms with Crippen molar-refractivity contribution >= 4 is 40.6 Å². The molecule has 128 valence electrons. The lowest BCUT2D eigenvalue weighted by Crippen LogP contribution is -2.34. The molecule has 1 aliphatic rings. The molecule has 0 radical (unpaired) electrons. The molecule has 1 aliphatic heterocycles. The van der Waals surface area contributed by atoms with E-state index in [0.717, 1.165) is 0 Å². The summed E-state index contributed by atoms with van der Waals surface area (Å²) in [5, 5.41) is -0.612. The second kappa shape index (κ2) is 7.31. The van der Waals surface area contributed by atoms with Gasteiger partial charge in [-0.25, -0.2) is 0 Å². The number of carbonyl (C=O) groups is 2. The largest absolute Gasteiger partial charge is 0.469 e. The van der Waals surface area contributed by atoms with E-state index < -0.39 is 22.3 Å². The molecule has 0 saturated carbocycles. The average molecular weight is 368 g/mol. The predicted molar refractivity (Wildman–Crippen MR) is 92.4 cm³/mol. The van der Waals surface area contributed by atoms with Crippen molar-refractivity contribution in [3.8, 4) is 0 Å². The number of carbonyl (C=O) groups excluding carboxylic acids is 2. The van der Waals surface area contributed by atoms with Crippen LogP contribution < -0.4 is 0 Å².